The third-order valence-corrected chi connectivity index (χ3v) is 2.65. The van der Waals surface area contributed by atoms with Gasteiger partial charge >= 0.3 is 6.18 Å². The van der Waals surface area contributed by atoms with Crippen molar-refractivity contribution in [2.45, 2.75) is 19.1 Å². The molecule has 3 N–H and O–H groups in total. The van der Waals surface area contributed by atoms with Crippen molar-refractivity contribution >= 4 is 11.9 Å². The van der Waals surface area contributed by atoms with Crippen LogP contribution in [-0.4, -0.2) is 27.6 Å². The Morgan fingerprint density at radius 1 is 1.23 bits per heavy atom. The van der Waals surface area contributed by atoms with Crippen LogP contribution in [0, 0.1) is 0 Å². The molecule has 118 valence electrons. The summed E-state index contributed by atoms with van der Waals surface area (Å²) < 4.78 is 42.7. The summed E-state index contributed by atoms with van der Waals surface area (Å²) in [6, 6.07) is 4.32. The Bertz CT molecular complexity index is 618. The van der Waals surface area contributed by atoms with E-state index >= 15 is 0 Å². The summed E-state index contributed by atoms with van der Waals surface area (Å²) in [5.74, 6) is 0.737. The largest absolute Gasteiger partial charge is 0.491 e. The Labute approximate surface area is 124 Å². The summed E-state index contributed by atoms with van der Waals surface area (Å²) in [5.41, 5.74) is 4.71. The molecule has 0 saturated carbocycles. The molecule has 0 saturated heterocycles. The van der Waals surface area contributed by atoms with Gasteiger partial charge in [-0.2, -0.15) is 18.2 Å². The lowest BCUT2D eigenvalue weighted by Gasteiger charge is -2.15. The van der Waals surface area contributed by atoms with Crippen LogP contribution in [0.5, 0.6) is 5.75 Å². The van der Waals surface area contributed by atoms with Crippen LogP contribution in [0.1, 0.15) is 12.5 Å². The van der Waals surface area contributed by atoms with E-state index in [2.05, 4.69) is 20.3 Å². The van der Waals surface area contributed by atoms with Crippen molar-refractivity contribution in [3.8, 4) is 5.75 Å². The molecule has 22 heavy (non-hydrogen) atoms. The second-order valence-electron chi connectivity index (χ2n) is 4.55. The number of anilines is 2. The van der Waals surface area contributed by atoms with E-state index in [9.17, 15) is 13.2 Å². The van der Waals surface area contributed by atoms with Gasteiger partial charge < -0.3 is 15.8 Å². The van der Waals surface area contributed by atoms with Gasteiger partial charge in [-0.25, -0.2) is 9.97 Å². The molecule has 0 amide bonds. The van der Waals surface area contributed by atoms with Crippen molar-refractivity contribution in [3.63, 3.8) is 0 Å². The summed E-state index contributed by atoms with van der Waals surface area (Å²) in [4.78, 5) is 11.4. The lowest BCUT2D eigenvalue weighted by atomic mass is 10.2. The SMILES string of the molecule is CC(COc1ccc(C(F)(F)F)cc1)Nc1ncnc(N)n1. The predicted octanol–water partition coefficient (Wildman–Crippen LogP) is 2.35. The van der Waals surface area contributed by atoms with Gasteiger partial charge in [-0.15, -0.1) is 0 Å². The fraction of sp³-hybridized carbons (Fsp3) is 0.308. The fourth-order valence-corrected chi connectivity index (χ4v) is 1.60. The van der Waals surface area contributed by atoms with Gasteiger partial charge in [-0.1, -0.05) is 0 Å². The van der Waals surface area contributed by atoms with Crippen molar-refractivity contribution in [3.05, 3.63) is 36.2 Å². The molecule has 0 radical (unpaired) electrons. The molecule has 1 heterocycles. The number of ether oxygens (including phenoxy) is 1. The van der Waals surface area contributed by atoms with E-state index in [4.69, 9.17) is 10.5 Å². The zero-order valence-corrected chi connectivity index (χ0v) is 11.6. The molecule has 0 bridgehead atoms. The van der Waals surface area contributed by atoms with Gasteiger partial charge in [0.2, 0.25) is 11.9 Å². The molecule has 2 rings (SSSR count). The maximum Gasteiger partial charge on any atom is 0.416 e. The number of nitrogen functional groups attached to an aromatic ring is 1. The first-order valence-corrected chi connectivity index (χ1v) is 6.35. The molecule has 0 aliphatic carbocycles. The summed E-state index contributed by atoms with van der Waals surface area (Å²) in [5, 5.41) is 2.94. The van der Waals surface area contributed by atoms with Crippen molar-refractivity contribution < 1.29 is 17.9 Å². The molecule has 2 aromatic rings. The van der Waals surface area contributed by atoms with E-state index in [1.54, 1.807) is 0 Å². The number of alkyl halides is 3. The monoisotopic (exact) mass is 313 g/mol. The summed E-state index contributed by atoms with van der Waals surface area (Å²) >= 11 is 0. The Morgan fingerprint density at radius 3 is 2.50 bits per heavy atom. The minimum Gasteiger partial charge on any atom is -0.491 e. The third-order valence-electron chi connectivity index (χ3n) is 2.65. The molecular formula is C13H14F3N5O. The Kier molecular flexibility index (Phi) is 4.64. The van der Waals surface area contributed by atoms with Crippen LogP contribution in [0.2, 0.25) is 0 Å². The van der Waals surface area contributed by atoms with Crippen LogP contribution in [0.4, 0.5) is 25.1 Å². The average molecular weight is 313 g/mol. The van der Waals surface area contributed by atoms with Crippen LogP contribution in [0.25, 0.3) is 0 Å². The number of aromatic nitrogens is 3. The number of halogens is 3. The third kappa shape index (κ3) is 4.47. The quantitative estimate of drug-likeness (QED) is 0.881. The number of nitrogens with zero attached hydrogens (tertiary/aromatic N) is 3. The molecule has 0 aliphatic heterocycles. The molecule has 6 nitrogen and oxygen atoms in total. The number of benzene rings is 1. The van der Waals surface area contributed by atoms with Gasteiger partial charge in [0, 0.05) is 0 Å². The number of rotatable bonds is 5. The highest BCUT2D eigenvalue weighted by Gasteiger charge is 2.30. The second-order valence-corrected chi connectivity index (χ2v) is 4.55. The smallest absolute Gasteiger partial charge is 0.416 e. The van der Waals surface area contributed by atoms with E-state index in [0.717, 1.165) is 12.1 Å². The van der Waals surface area contributed by atoms with Crippen molar-refractivity contribution in [2.24, 2.45) is 0 Å². The number of nitrogens with one attached hydrogen (secondary N) is 1. The number of nitrogens with two attached hydrogens (primary N) is 1. The van der Waals surface area contributed by atoms with Crippen molar-refractivity contribution in [1.82, 2.24) is 15.0 Å². The Morgan fingerprint density at radius 2 is 1.91 bits per heavy atom. The van der Waals surface area contributed by atoms with Crippen molar-refractivity contribution in [1.29, 1.82) is 0 Å². The maximum absolute atomic E-state index is 12.4. The normalized spacial score (nSPS) is 12.7. The standard InChI is InChI=1S/C13H14F3N5O/c1-8(20-12-19-7-18-11(17)21-12)6-22-10-4-2-9(3-5-10)13(14,15)16/h2-5,7-8H,6H2,1H3,(H3,17,18,19,20,21). The highest BCUT2D eigenvalue weighted by Crippen LogP contribution is 2.30. The molecule has 9 heteroatoms. The van der Waals surface area contributed by atoms with Gasteiger partial charge in [0.1, 0.15) is 18.7 Å². The molecule has 1 unspecified atom stereocenters. The van der Waals surface area contributed by atoms with Crippen LogP contribution in [0.3, 0.4) is 0 Å². The lowest BCUT2D eigenvalue weighted by Crippen LogP contribution is -2.25. The average Bonchev–Trinajstić information content (AvgIpc) is 2.45. The highest BCUT2D eigenvalue weighted by atomic mass is 19.4. The van der Waals surface area contributed by atoms with E-state index in [1.165, 1.54) is 18.5 Å². The van der Waals surface area contributed by atoms with Crippen LogP contribution < -0.4 is 15.8 Å². The van der Waals surface area contributed by atoms with E-state index < -0.39 is 11.7 Å². The molecule has 1 aromatic heterocycles. The van der Waals surface area contributed by atoms with E-state index in [-0.39, 0.29) is 18.6 Å². The fourth-order valence-electron chi connectivity index (χ4n) is 1.60. The molecule has 0 fully saturated rings. The van der Waals surface area contributed by atoms with E-state index in [0.29, 0.717) is 11.7 Å². The Balaban J connectivity index is 1.87. The molecule has 0 aliphatic rings. The Hall–Kier alpha value is -2.58. The molecule has 0 spiro atoms. The first-order chi connectivity index (χ1) is 10.3. The molecular weight excluding hydrogens is 299 g/mol. The second kappa shape index (κ2) is 6.46. The van der Waals surface area contributed by atoms with Gasteiger partial charge in [-0.3, -0.25) is 0 Å². The molecule has 1 atom stereocenters. The van der Waals surface area contributed by atoms with Gasteiger partial charge in [-0.05, 0) is 31.2 Å². The number of hydrogen-bond acceptors (Lipinski definition) is 6. The number of hydrogen-bond donors (Lipinski definition) is 2. The lowest BCUT2D eigenvalue weighted by molar-refractivity contribution is -0.137. The van der Waals surface area contributed by atoms with Crippen LogP contribution >= 0.6 is 0 Å². The topological polar surface area (TPSA) is 86.0 Å². The zero-order chi connectivity index (χ0) is 16.2. The summed E-state index contributed by atoms with van der Waals surface area (Å²) in [6.07, 6.45) is -3.08. The maximum atomic E-state index is 12.4. The van der Waals surface area contributed by atoms with Crippen LogP contribution in [0.15, 0.2) is 30.6 Å². The first kappa shape index (κ1) is 15.8. The van der Waals surface area contributed by atoms with Gasteiger partial charge in [0.15, 0.2) is 0 Å². The van der Waals surface area contributed by atoms with Gasteiger partial charge in [0.05, 0.1) is 11.6 Å². The predicted molar refractivity (Wildman–Crippen MR) is 74.3 cm³/mol. The zero-order valence-electron chi connectivity index (χ0n) is 11.6. The van der Waals surface area contributed by atoms with Crippen LogP contribution in [-0.2, 0) is 6.18 Å². The van der Waals surface area contributed by atoms with Gasteiger partial charge in [0.25, 0.3) is 0 Å². The highest BCUT2D eigenvalue weighted by molar-refractivity contribution is 5.31. The van der Waals surface area contributed by atoms with Crippen molar-refractivity contribution in [2.75, 3.05) is 17.7 Å². The summed E-state index contributed by atoms with van der Waals surface area (Å²) in [7, 11) is 0. The summed E-state index contributed by atoms with van der Waals surface area (Å²) in [6.45, 7) is 2.03. The minimum absolute atomic E-state index is 0.0911. The first-order valence-electron chi connectivity index (χ1n) is 6.35. The minimum atomic E-state index is -4.36. The van der Waals surface area contributed by atoms with E-state index in [1.807, 2.05) is 6.92 Å². The molecule has 1 aromatic carbocycles.